The Labute approximate surface area is 319 Å². The number of carbonyl (C=O) groups excluding carboxylic acids is 2. The lowest BCUT2D eigenvalue weighted by molar-refractivity contribution is -0.0336. The van der Waals surface area contributed by atoms with Gasteiger partial charge in [-0.2, -0.15) is 0 Å². The van der Waals surface area contributed by atoms with E-state index in [1.165, 1.54) is 12.1 Å². The number of nitrogens with one attached hydrogen (secondary N) is 4. The number of aromatic nitrogens is 1. The first-order chi connectivity index (χ1) is 26.8. The highest BCUT2D eigenvalue weighted by Crippen LogP contribution is 2.31. The minimum absolute atomic E-state index is 0.0567. The van der Waals surface area contributed by atoms with Crippen LogP contribution in [0, 0.1) is 5.92 Å². The Bertz CT molecular complexity index is 2130. The van der Waals surface area contributed by atoms with Crippen molar-refractivity contribution in [3.8, 4) is 11.5 Å². The maximum atomic E-state index is 13.2. The molecule has 55 heavy (non-hydrogen) atoms. The van der Waals surface area contributed by atoms with E-state index in [0.29, 0.717) is 59.8 Å². The van der Waals surface area contributed by atoms with Gasteiger partial charge in [-0.15, -0.1) is 0 Å². The first-order valence-electron chi connectivity index (χ1n) is 18.9. The zero-order valence-electron chi connectivity index (χ0n) is 30.6. The number of alkyl carbamates (subject to hydrolysis) is 1. The Hall–Kier alpha value is -5.69. The second kappa shape index (κ2) is 17.6. The Morgan fingerprint density at radius 3 is 2.44 bits per heavy atom. The highest BCUT2D eigenvalue weighted by atomic mass is 16.6. The van der Waals surface area contributed by atoms with Crippen molar-refractivity contribution in [1.82, 2.24) is 25.8 Å². The second-order valence-electron chi connectivity index (χ2n) is 14.2. The van der Waals surface area contributed by atoms with E-state index >= 15 is 0 Å². The summed E-state index contributed by atoms with van der Waals surface area (Å²) in [6.07, 6.45) is 1.42. The number of nitrogens with zero attached hydrogens (tertiary/aromatic N) is 1. The molecule has 4 heterocycles. The summed E-state index contributed by atoms with van der Waals surface area (Å²) in [7, 11) is 0. The number of aliphatic hydroxyl groups is 1. The highest BCUT2D eigenvalue weighted by Gasteiger charge is 2.37. The Morgan fingerprint density at radius 1 is 0.891 bits per heavy atom. The summed E-state index contributed by atoms with van der Waals surface area (Å²) >= 11 is 0. The van der Waals surface area contributed by atoms with Gasteiger partial charge in [-0.3, -0.25) is 14.5 Å². The molecule has 0 aliphatic carbocycles. The number of phenolic OH excluding ortho intramolecular Hbond substituents is 1. The topological polar surface area (TPSA) is 165 Å². The van der Waals surface area contributed by atoms with Crippen molar-refractivity contribution in [1.29, 1.82) is 0 Å². The van der Waals surface area contributed by atoms with Gasteiger partial charge in [0.2, 0.25) is 5.56 Å². The van der Waals surface area contributed by atoms with Crippen LogP contribution >= 0.6 is 0 Å². The number of fused-ring (bicyclic) bond motifs is 4. The number of hydrogen-bond acceptors (Lipinski definition) is 9. The van der Waals surface area contributed by atoms with E-state index in [0.717, 1.165) is 49.2 Å². The van der Waals surface area contributed by atoms with E-state index < -0.39 is 18.2 Å². The van der Waals surface area contributed by atoms with Gasteiger partial charge in [-0.1, -0.05) is 60.7 Å². The van der Waals surface area contributed by atoms with Crippen molar-refractivity contribution < 1.29 is 29.3 Å². The van der Waals surface area contributed by atoms with E-state index in [2.05, 4.69) is 25.8 Å². The smallest absolute Gasteiger partial charge is 0.408 e. The van der Waals surface area contributed by atoms with Gasteiger partial charge in [0.05, 0.1) is 17.7 Å². The van der Waals surface area contributed by atoms with Gasteiger partial charge in [0.25, 0.3) is 5.91 Å². The first-order valence-corrected chi connectivity index (χ1v) is 18.9. The fraction of sp³-hybridized carbons (Fsp3) is 0.326. The van der Waals surface area contributed by atoms with Crippen LogP contribution in [0.2, 0.25) is 0 Å². The third-order valence-corrected chi connectivity index (χ3v) is 10.5. The Balaban J connectivity index is 0.863. The molecule has 3 aliphatic rings. The minimum atomic E-state index is -0.853. The van der Waals surface area contributed by atoms with Crippen LogP contribution in [0.15, 0.2) is 108 Å². The van der Waals surface area contributed by atoms with Gasteiger partial charge in [0.1, 0.15) is 24.2 Å². The summed E-state index contributed by atoms with van der Waals surface area (Å²) in [4.78, 5) is 42.6. The van der Waals surface area contributed by atoms with Crippen molar-refractivity contribution in [2.45, 2.75) is 44.1 Å². The number of rotatable bonds is 15. The van der Waals surface area contributed by atoms with Crippen LogP contribution in [0.1, 0.15) is 64.0 Å². The second-order valence-corrected chi connectivity index (χ2v) is 14.2. The maximum absolute atomic E-state index is 13.2. The van der Waals surface area contributed by atoms with Gasteiger partial charge in [0, 0.05) is 36.7 Å². The molecule has 8 rings (SSSR count). The summed E-state index contributed by atoms with van der Waals surface area (Å²) in [6.45, 7) is 4.52. The predicted molar refractivity (Wildman–Crippen MR) is 209 cm³/mol. The van der Waals surface area contributed by atoms with E-state index in [1.54, 1.807) is 24.3 Å². The molecule has 12 heteroatoms. The molecule has 12 nitrogen and oxygen atoms in total. The van der Waals surface area contributed by atoms with E-state index in [4.69, 9.17) is 9.47 Å². The molecule has 6 N–H and O–H groups in total. The Morgan fingerprint density at radius 2 is 1.67 bits per heavy atom. The number of hydrogen-bond donors (Lipinski definition) is 6. The van der Waals surface area contributed by atoms with Crippen LogP contribution in [0.3, 0.4) is 0 Å². The normalized spacial score (nSPS) is 18.7. The van der Waals surface area contributed by atoms with Crippen LogP contribution in [-0.4, -0.2) is 77.5 Å². The van der Waals surface area contributed by atoms with E-state index in [9.17, 15) is 24.6 Å². The van der Waals surface area contributed by atoms with Crippen molar-refractivity contribution in [3.05, 3.63) is 141 Å². The third-order valence-electron chi connectivity index (χ3n) is 10.5. The number of benzene rings is 4. The van der Waals surface area contributed by atoms with E-state index in [1.807, 2.05) is 66.7 Å². The van der Waals surface area contributed by atoms with Crippen LogP contribution in [-0.2, 0) is 11.3 Å². The van der Waals surface area contributed by atoms with Crippen molar-refractivity contribution in [2.75, 3.05) is 39.3 Å². The number of piperidine rings is 3. The van der Waals surface area contributed by atoms with Gasteiger partial charge in [0.15, 0.2) is 0 Å². The number of aromatic amines is 1. The molecule has 4 aromatic carbocycles. The first kappa shape index (κ1) is 37.6. The van der Waals surface area contributed by atoms with Gasteiger partial charge in [-0.25, -0.2) is 4.79 Å². The van der Waals surface area contributed by atoms with Crippen molar-refractivity contribution >= 4 is 22.9 Å². The molecular formula is C43H47N5O7. The zero-order valence-corrected chi connectivity index (χ0v) is 30.6. The summed E-state index contributed by atoms with van der Waals surface area (Å²) in [6, 6.07) is 30.4. The van der Waals surface area contributed by atoms with Crippen molar-refractivity contribution in [3.63, 3.8) is 0 Å². The summed E-state index contributed by atoms with van der Waals surface area (Å²) in [5, 5.41) is 30.6. The lowest BCUT2D eigenvalue weighted by Gasteiger charge is -2.43. The fourth-order valence-corrected chi connectivity index (χ4v) is 7.46. The lowest BCUT2D eigenvalue weighted by Crippen LogP contribution is -2.52. The monoisotopic (exact) mass is 745 g/mol. The molecule has 2 amide bonds. The molecule has 3 fully saturated rings. The molecule has 3 saturated heterocycles. The number of aromatic hydroxyl groups is 1. The maximum Gasteiger partial charge on any atom is 0.408 e. The molecule has 0 radical (unpaired) electrons. The predicted octanol–water partition coefficient (Wildman–Crippen LogP) is 5.17. The summed E-state index contributed by atoms with van der Waals surface area (Å²) in [5.74, 6) is 0.834. The SMILES string of the molecule is O=C(N[C@@H](c1ccccc1)c1cccc(OCc2ccc(C(=O)NCCCNC[C@H](O)c3ccc(O)c4[nH]c(=O)ccc34)cc2)c1)O[C@@H]1CN2CCC1CC2. The van der Waals surface area contributed by atoms with Gasteiger partial charge < -0.3 is 40.6 Å². The average molecular weight is 746 g/mol. The fourth-order valence-electron chi connectivity index (χ4n) is 7.46. The standard InChI is InChI=1S/C43H47N5O7/c49-36-16-14-34(35-15-17-39(51)46-41(35)36)37(50)25-44-20-5-21-45-42(52)31-12-10-28(11-13-31)27-54-33-9-4-8-32(24-33)40(30-6-2-1-3-7-30)47-43(53)55-38-26-48-22-18-29(38)19-23-48/h1-4,6-17,24,29,37-38,40,44,49-50H,5,18-23,25-27H2,(H,45,52)(H,46,51)(H,47,53)/t37-,38+,40-/m0/s1. The number of aliphatic hydroxyl groups excluding tert-OH is 1. The van der Waals surface area contributed by atoms with E-state index in [-0.39, 0.29) is 29.9 Å². The number of phenols is 1. The largest absolute Gasteiger partial charge is 0.506 e. The molecule has 286 valence electrons. The van der Waals surface area contributed by atoms with Crippen LogP contribution in [0.5, 0.6) is 11.5 Å². The summed E-state index contributed by atoms with van der Waals surface area (Å²) < 4.78 is 12.1. The van der Waals surface area contributed by atoms with Crippen LogP contribution in [0.4, 0.5) is 4.79 Å². The number of amides is 2. The van der Waals surface area contributed by atoms with Crippen molar-refractivity contribution in [2.24, 2.45) is 5.92 Å². The van der Waals surface area contributed by atoms with Gasteiger partial charge >= 0.3 is 6.09 Å². The van der Waals surface area contributed by atoms with Gasteiger partial charge in [-0.05, 0) is 103 Å². The number of pyridine rings is 1. The Kier molecular flexibility index (Phi) is 12.1. The average Bonchev–Trinajstić information content (AvgIpc) is 3.21. The zero-order chi connectivity index (χ0) is 38.1. The highest BCUT2D eigenvalue weighted by molar-refractivity contribution is 5.94. The molecule has 0 spiro atoms. The molecule has 0 saturated carbocycles. The lowest BCUT2D eigenvalue weighted by atomic mass is 9.86. The molecule has 5 aromatic rings. The molecule has 3 atom stereocenters. The quantitative estimate of drug-likeness (QED) is 0.0794. The molecular weight excluding hydrogens is 699 g/mol. The molecule has 2 bridgehead atoms. The molecule has 1 aromatic heterocycles. The third kappa shape index (κ3) is 9.52. The number of ether oxygens (including phenoxy) is 2. The van der Waals surface area contributed by atoms with Crippen LogP contribution in [0.25, 0.3) is 10.9 Å². The number of H-pyrrole nitrogens is 1. The summed E-state index contributed by atoms with van der Waals surface area (Å²) in [5.41, 5.74) is 3.80. The van der Waals surface area contributed by atoms with Crippen LogP contribution < -0.4 is 26.2 Å². The molecule has 3 aliphatic heterocycles. The minimum Gasteiger partial charge on any atom is -0.506 e. The molecule has 0 unspecified atom stereocenters. The number of carbonyl (C=O) groups is 2.